The number of ether oxygens (including phenoxy) is 1. The Labute approximate surface area is 163 Å². The number of carbonyl (C=O) groups excluding carboxylic acids is 1. The van der Waals surface area contributed by atoms with E-state index < -0.39 is 0 Å². The Kier molecular flexibility index (Phi) is 7.51. The number of nitrogens with one attached hydrogen (secondary N) is 2. The Morgan fingerprint density at radius 1 is 1.26 bits per heavy atom. The molecule has 27 heavy (non-hydrogen) atoms. The number of fused-ring (bicyclic) bond motifs is 1. The zero-order chi connectivity index (χ0) is 19.9. The summed E-state index contributed by atoms with van der Waals surface area (Å²) in [5.74, 6) is 1.80. The van der Waals surface area contributed by atoms with E-state index in [1.165, 1.54) is 0 Å². The normalized spacial score (nSPS) is 18.3. The SMILES string of the molecule is CCNC(=NCCC(=O)N(CC)CC)NC1CC(C)(C)Oc2ccccc21. The minimum absolute atomic E-state index is 0.112. The molecule has 6 nitrogen and oxygen atoms in total. The monoisotopic (exact) mass is 374 g/mol. The molecule has 0 bridgehead atoms. The molecule has 1 atom stereocenters. The standard InChI is InChI=1S/C21H34N4O2/c1-6-22-20(23-14-13-19(26)25(7-2)8-3)24-17-15-21(4,5)27-18-12-10-9-11-16(17)18/h9-12,17H,6-8,13-15H2,1-5H3,(H2,22,23,24). The van der Waals surface area contributed by atoms with Crippen LogP contribution in [0.5, 0.6) is 5.75 Å². The molecule has 0 radical (unpaired) electrons. The van der Waals surface area contributed by atoms with Gasteiger partial charge in [0.1, 0.15) is 11.4 Å². The molecule has 0 saturated heterocycles. The summed E-state index contributed by atoms with van der Waals surface area (Å²) in [6.45, 7) is 13.0. The van der Waals surface area contributed by atoms with E-state index in [0.29, 0.717) is 13.0 Å². The largest absolute Gasteiger partial charge is 0.487 e. The van der Waals surface area contributed by atoms with Gasteiger partial charge in [-0.05, 0) is 40.7 Å². The second kappa shape index (κ2) is 9.62. The van der Waals surface area contributed by atoms with Crippen LogP contribution in [-0.2, 0) is 4.79 Å². The fraction of sp³-hybridized carbons (Fsp3) is 0.619. The molecule has 0 aromatic heterocycles. The van der Waals surface area contributed by atoms with Crippen molar-refractivity contribution in [1.29, 1.82) is 0 Å². The van der Waals surface area contributed by atoms with Crippen LogP contribution in [-0.4, -0.2) is 48.5 Å². The van der Waals surface area contributed by atoms with Gasteiger partial charge in [-0.25, -0.2) is 0 Å². The van der Waals surface area contributed by atoms with Crippen molar-refractivity contribution in [1.82, 2.24) is 15.5 Å². The van der Waals surface area contributed by atoms with Gasteiger partial charge >= 0.3 is 0 Å². The van der Waals surface area contributed by atoms with Crippen molar-refractivity contribution < 1.29 is 9.53 Å². The lowest BCUT2D eigenvalue weighted by Crippen LogP contribution is -2.45. The first kappa shape index (κ1) is 21.1. The number of guanidine groups is 1. The molecular weight excluding hydrogens is 340 g/mol. The van der Waals surface area contributed by atoms with Crippen molar-refractivity contribution in [3.8, 4) is 5.75 Å². The van der Waals surface area contributed by atoms with Gasteiger partial charge in [0.2, 0.25) is 5.91 Å². The van der Waals surface area contributed by atoms with Gasteiger partial charge < -0.3 is 20.3 Å². The lowest BCUT2D eigenvalue weighted by atomic mass is 9.90. The van der Waals surface area contributed by atoms with Crippen molar-refractivity contribution in [3.05, 3.63) is 29.8 Å². The Balaban J connectivity index is 2.08. The summed E-state index contributed by atoms with van der Waals surface area (Å²) in [4.78, 5) is 18.6. The molecule has 1 aromatic rings. The van der Waals surface area contributed by atoms with E-state index in [9.17, 15) is 4.79 Å². The molecule has 0 spiro atoms. The van der Waals surface area contributed by atoms with Crippen molar-refractivity contribution in [2.75, 3.05) is 26.2 Å². The molecule has 1 heterocycles. The molecule has 1 amide bonds. The summed E-state index contributed by atoms with van der Waals surface area (Å²) < 4.78 is 6.10. The van der Waals surface area contributed by atoms with Crippen LogP contribution in [0.15, 0.2) is 29.3 Å². The van der Waals surface area contributed by atoms with E-state index in [-0.39, 0.29) is 17.6 Å². The van der Waals surface area contributed by atoms with E-state index >= 15 is 0 Å². The number of benzene rings is 1. The Hall–Kier alpha value is -2.24. The summed E-state index contributed by atoms with van der Waals surface area (Å²) in [7, 11) is 0. The highest BCUT2D eigenvalue weighted by molar-refractivity contribution is 5.81. The van der Waals surface area contributed by atoms with Crippen LogP contribution in [0.2, 0.25) is 0 Å². The number of rotatable bonds is 7. The molecule has 0 aliphatic carbocycles. The number of hydrogen-bond donors (Lipinski definition) is 2. The Morgan fingerprint density at radius 2 is 1.96 bits per heavy atom. The number of carbonyl (C=O) groups is 1. The van der Waals surface area contributed by atoms with Gasteiger partial charge in [-0.15, -0.1) is 0 Å². The Bertz CT molecular complexity index is 653. The zero-order valence-electron chi connectivity index (χ0n) is 17.3. The first-order chi connectivity index (χ1) is 12.9. The van der Waals surface area contributed by atoms with Crippen LogP contribution >= 0.6 is 0 Å². The maximum atomic E-state index is 12.2. The molecule has 0 fully saturated rings. The molecule has 0 saturated carbocycles. The highest BCUT2D eigenvalue weighted by atomic mass is 16.5. The average molecular weight is 375 g/mol. The third-order valence-corrected chi connectivity index (χ3v) is 4.74. The number of hydrogen-bond acceptors (Lipinski definition) is 3. The summed E-state index contributed by atoms with van der Waals surface area (Å²) in [6, 6.07) is 8.24. The minimum atomic E-state index is -0.248. The lowest BCUT2D eigenvalue weighted by Gasteiger charge is -2.38. The van der Waals surface area contributed by atoms with Gasteiger partial charge in [0.15, 0.2) is 5.96 Å². The van der Waals surface area contributed by atoms with Crippen LogP contribution in [0.3, 0.4) is 0 Å². The third kappa shape index (κ3) is 5.88. The quantitative estimate of drug-likeness (QED) is 0.568. The van der Waals surface area contributed by atoms with Crippen molar-refractivity contribution in [2.45, 2.75) is 59.1 Å². The van der Waals surface area contributed by atoms with Crippen LogP contribution in [0.4, 0.5) is 0 Å². The van der Waals surface area contributed by atoms with E-state index in [0.717, 1.165) is 43.3 Å². The number of nitrogens with zero attached hydrogens (tertiary/aromatic N) is 2. The summed E-state index contributed by atoms with van der Waals surface area (Å²) in [6.07, 6.45) is 1.26. The van der Waals surface area contributed by atoms with E-state index in [2.05, 4.69) is 35.5 Å². The topological polar surface area (TPSA) is 66.0 Å². The first-order valence-electron chi connectivity index (χ1n) is 10.0. The molecule has 6 heteroatoms. The van der Waals surface area contributed by atoms with Crippen molar-refractivity contribution in [2.24, 2.45) is 4.99 Å². The first-order valence-corrected chi connectivity index (χ1v) is 10.0. The third-order valence-electron chi connectivity index (χ3n) is 4.74. The fourth-order valence-corrected chi connectivity index (χ4v) is 3.41. The Morgan fingerprint density at radius 3 is 2.63 bits per heavy atom. The van der Waals surface area contributed by atoms with E-state index in [1.54, 1.807) is 0 Å². The minimum Gasteiger partial charge on any atom is -0.487 e. The van der Waals surface area contributed by atoms with Gasteiger partial charge in [-0.1, -0.05) is 18.2 Å². The van der Waals surface area contributed by atoms with Crippen LogP contribution < -0.4 is 15.4 Å². The predicted octanol–water partition coefficient (Wildman–Crippen LogP) is 3.10. The molecule has 2 N–H and O–H groups in total. The second-order valence-corrected chi connectivity index (χ2v) is 7.38. The smallest absolute Gasteiger partial charge is 0.224 e. The molecule has 1 aliphatic rings. The number of aliphatic imine (C=N–C) groups is 1. The zero-order valence-corrected chi connectivity index (χ0v) is 17.3. The molecule has 2 rings (SSSR count). The van der Waals surface area contributed by atoms with Gasteiger partial charge in [-0.2, -0.15) is 0 Å². The average Bonchev–Trinajstić information content (AvgIpc) is 2.62. The molecule has 1 aliphatic heterocycles. The van der Waals surface area contributed by atoms with Crippen LogP contribution in [0.1, 0.15) is 59.1 Å². The van der Waals surface area contributed by atoms with Crippen molar-refractivity contribution >= 4 is 11.9 Å². The fourth-order valence-electron chi connectivity index (χ4n) is 3.41. The van der Waals surface area contributed by atoms with Crippen LogP contribution in [0.25, 0.3) is 0 Å². The highest BCUT2D eigenvalue weighted by Gasteiger charge is 2.33. The molecule has 1 aromatic carbocycles. The maximum absolute atomic E-state index is 12.2. The second-order valence-electron chi connectivity index (χ2n) is 7.38. The molecule has 1 unspecified atom stereocenters. The van der Waals surface area contributed by atoms with Gasteiger partial charge in [0.05, 0.1) is 12.6 Å². The van der Waals surface area contributed by atoms with Gasteiger partial charge in [0.25, 0.3) is 0 Å². The summed E-state index contributed by atoms with van der Waals surface area (Å²) in [5.41, 5.74) is 0.892. The van der Waals surface area contributed by atoms with Crippen LogP contribution in [0, 0.1) is 0 Å². The lowest BCUT2D eigenvalue weighted by molar-refractivity contribution is -0.130. The molecular formula is C21H34N4O2. The molecule has 150 valence electrons. The summed E-state index contributed by atoms with van der Waals surface area (Å²) in [5, 5.41) is 6.83. The van der Waals surface area contributed by atoms with Crippen molar-refractivity contribution in [3.63, 3.8) is 0 Å². The van der Waals surface area contributed by atoms with E-state index in [4.69, 9.17) is 4.74 Å². The predicted molar refractivity (Wildman–Crippen MR) is 110 cm³/mol. The highest BCUT2D eigenvalue weighted by Crippen LogP contribution is 2.39. The van der Waals surface area contributed by atoms with Gasteiger partial charge in [-0.3, -0.25) is 9.79 Å². The van der Waals surface area contributed by atoms with E-state index in [1.807, 2.05) is 43.9 Å². The number of amides is 1. The number of para-hydroxylation sites is 1. The van der Waals surface area contributed by atoms with Gasteiger partial charge in [0, 0.05) is 38.0 Å². The summed E-state index contributed by atoms with van der Waals surface area (Å²) >= 11 is 0. The maximum Gasteiger partial charge on any atom is 0.224 e.